The van der Waals surface area contributed by atoms with Crippen molar-refractivity contribution in [3.8, 4) is 0 Å². The van der Waals surface area contributed by atoms with Crippen LogP contribution < -0.4 is 10.9 Å². The van der Waals surface area contributed by atoms with Crippen molar-refractivity contribution in [1.82, 2.24) is 14.5 Å². The Hall–Kier alpha value is -2.91. The van der Waals surface area contributed by atoms with Gasteiger partial charge >= 0.3 is 0 Å². The molecule has 4 rings (SSSR count). The maximum absolute atomic E-state index is 13.3. The van der Waals surface area contributed by atoms with E-state index in [1.54, 1.807) is 29.0 Å². The lowest BCUT2D eigenvalue weighted by molar-refractivity contribution is -0.131. The number of allylic oxidation sites excluding steroid dienone is 1. The molecule has 0 atom stereocenters. The van der Waals surface area contributed by atoms with E-state index in [2.05, 4.69) is 11.9 Å². The molecule has 0 saturated heterocycles. The molecule has 7 nitrogen and oxygen atoms in total. The molecule has 1 aromatic carbocycles. The third kappa shape index (κ3) is 5.26. The number of fused-ring (bicyclic) bond motifs is 3. The van der Waals surface area contributed by atoms with Gasteiger partial charge in [-0.25, -0.2) is 4.98 Å². The first kappa shape index (κ1) is 24.2. The summed E-state index contributed by atoms with van der Waals surface area (Å²) in [5.41, 5.74) is 2.88. The Bertz CT molecular complexity index is 1290. The summed E-state index contributed by atoms with van der Waals surface area (Å²) < 4.78 is 1.60. The first-order valence-corrected chi connectivity index (χ1v) is 13.1. The molecule has 0 unspecified atom stereocenters. The largest absolute Gasteiger partial charge is 0.336 e. The molecule has 0 bridgehead atoms. The van der Waals surface area contributed by atoms with Gasteiger partial charge in [0.25, 0.3) is 5.56 Å². The minimum Gasteiger partial charge on any atom is -0.336 e. The van der Waals surface area contributed by atoms with Crippen LogP contribution in [0.4, 0.5) is 5.69 Å². The first-order chi connectivity index (χ1) is 16.4. The van der Waals surface area contributed by atoms with E-state index in [0.29, 0.717) is 17.4 Å². The molecule has 3 aromatic rings. The smallest absolute Gasteiger partial charge is 0.263 e. The van der Waals surface area contributed by atoms with Crippen molar-refractivity contribution in [1.29, 1.82) is 0 Å². The Labute approximate surface area is 206 Å². The summed E-state index contributed by atoms with van der Waals surface area (Å²) in [5.74, 6) is -0.403. The van der Waals surface area contributed by atoms with Crippen LogP contribution in [-0.4, -0.2) is 45.6 Å². The number of hydrogen-bond acceptors (Lipinski definition) is 6. The number of amides is 2. The van der Waals surface area contributed by atoms with Gasteiger partial charge in [0.15, 0.2) is 5.16 Å². The standard InChI is InChI=1S/C25H28N4O3S2/c1-4-13-29-24(32)22-18-7-5-6-8-19(18)34-23(22)27-25(29)33-15-21(31)28(3)14-20(30)26-17-11-9-16(2)10-12-17/h4,9-12H,1,5-8,13-15H2,2-3H3,(H,26,30). The van der Waals surface area contributed by atoms with Crippen molar-refractivity contribution in [3.63, 3.8) is 0 Å². The average molecular weight is 497 g/mol. The molecule has 0 saturated carbocycles. The second kappa shape index (κ2) is 10.6. The summed E-state index contributed by atoms with van der Waals surface area (Å²) in [4.78, 5) is 46.5. The maximum atomic E-state index is 13.3. The molecular formula is C25H28N4O3S2. The lowest BCUT2D eigenvalue weighted by Gasteiger charge is -2.17. The van der Waals surface area contributed by atoms with Crippen molar-refractivity contribution in [2.45, 2.75) is 44.3 Å². The lowest BCUT2D eigenvalue weighted by Crippen LogP contribution is -2.36. The van der Waals surface area contributed by atoms with Crippen LogP contribution in [0.25, 0.3) is 10.2 Å². The summed E-state index contributed by atoms with van der Waals surface area (Å²) in [6, 6.07) is 7.48. The van der Waals surface area contributed by atoms with Crippen LogP contribution in [-0.2, 0) is 29.0 Å². The van der Waals surface area contributed by atoms with E-state index in [4.69, 9.17) is 4.98 Å². The highest BCUT2D eigenvalue weighted by Gasteiger charge is 2.23. The van der Waals surface area contributed by atoms with Crippen molar-refractivity contribution >= 4 is 50.8 Å². The number of benzene rings is 1. The van der Waals surface area contributed by atoms with Crippen molar-refractivity contribution in [3.05, 3.63) is 63.3 Å². The predicted octanol–water partition coefficient (Wildman–Crippen LogP) is 4.02. The van der Waals surface area contributed by atoms with Gasteiger partial charge in [-0.2, -0.15) is 0 Å². The zero-order chi connectivity index (χ0) is 24.2. The second-order valence-electron chi connectivity index (χ2n) is 8.44. The van der Waals surface area contributed by atoms with Gasteiger partial charge in [-0.3, -0.25) is 19.0 Å². The van der Waals surface area contributed by atoms with Gasteiger partial charge in [0.2, 0.25) is 11.8 Å². The zero-order valence-corrected chi connectivity index (χ0v) is 21.1. The number of aryl methyl sites for hydroxylation is 3. The van der Waals surface area contributed by atoms with E-state index in [-0.39, 0.29) is 29.7 Å². The summed E-state index contributed by atoms with van der Waals surface area (Å²) in [7, 11) is 1.60. The molecule has 1 aliphatic rings. The number of likely N-dealkylation sites (N-methyl/N-ethyl adjacent to an activating group) is 1. The number of anilines is 1. The molecule has 0 radical (unpaired) electrons. The zero-order valence-electron chi connectivity index (χ0n) is 19.4. The topological polar surface area (TPSA) is 84.3 Å². The van der Waals surface area contributed by atoms with Crippen LogP contribution in [0.3, 0.4) is 0 Å². The molecular weight excluding hydrogens is 468 g/mol. The highest BCUT2D eigenvalue weighted by molar-refractivity contribution is 7.99. The minimum absolute atomic E-state index is 0.0587. The van der Waals surface area contributed by atoms with Crippen LogP contribution in [0.15, 0.2) is 46.9 Å². The van der Waals surface area contributed by atoms with E-state index < -0.39 is 0 Å². The molecule has 34 heavy (non-hydrogen) atoms. The van der Waals surface area contributed by atoms with E-state index >= 15 is 0 Å². The molecule has 178 valence electrons. The first-order valence-electron chi connectivity index (χ1n) is 11.3. The number of nitrogens with one attached hydrogen (secondary N) is 1. The molecule has 2 heterocycles. The summed E-state index contributed by atoms with van der Waals surface area (Å²) in [6.45, 7) is 6.02. The minimum atomic E-state index is -0.267. The van der Waals surface area contributed by atoms with Crippen LogP contribution in [0.5, 0.6) is 0 Å². The number of aromatic nitrogens is 2. The summed E-state index contributed by atoms with van der Waals surface area (Å²) in [5, 5.41) is 4.02. The average Bonchev–Trinajstić information content (AvgIpc) is 3.19. The van der Waals surface area contributed by atoms with Crippen molar-refractivity contribution < 1.29 is 9.59 Å². The number of hydrogen-bond donors (Lipinski definition) is 1. The molecule has 9 heteroatoms. The second-order valence-corrected chi connectivity index (χ2v) is 10.5. The quantitative estimate of drug-likeness (QED) is 0.289. The molecule has 0 fully saturated rings. The van der Waals surface area contributed by atoms with Crippen LogP contribution in [0.2, 0.25) is 0 Å². The number of nitrogens with zero attached hydrogens (tertiary/aromatic N) is 3. The fourth-order valence-corrected chi connectivity index (χ4v) is 6.25. The fourth-order valence-electron chi connectivity index (χ4n) is 4.00. The highest BCUT2D eigenvalue weighted by atomic mass is 32.2. The Morgan fingerprint density at radius 2 is 2.00 bits per heavy atom. The third-order valence-electron chi connectivity index (χ3n) is 5.82. The summed E-state index contributed by atoms with van der Waals surface area (Å²) >= 11 is 2.81. The molecule has 2 amide bonds. The Morgan fingerprint density at radius 1 is 1.26 bits per heavy atom. The maximum Gasteiger partial charge on any atom is 0.263 e. The Kier molecular flexibility index (Phi) is 7.53. The lowest BCUT2D eigenvalue weighted by atomic mass is 9.97. The van der Waals surface area contributed by atoms with Gasteiger partial charge in [0, 0.05) is 24.2 Å². The van der Waals surface area contributed by atoms with Gasteiger partial charge in [-0.1, -0.05) is 35.5 Å². The molecule has 1 N–H and O–H groups in total. The van der Waals surface area contributed by atoms with E-state index in [9.17, 15) is 14.4 Å². The highest BCUT2D eigenvalue weighted by Crippen LogP contribution is 2.34. The number of carbonyl (C=O) groups is 2. The van der Waals surface area contributed by atoms with Gasteiger partial charge < -0.3 is 10.2 Å². The number of thioether (sulfide) groups is 1. The van der Waals surface area contributed by atoms with Gasteiger partial charge in [-0.15, -0.1) is 17.9 Å². The van der Waals surface area contributed by atoms with Crippen molar-refractivity contribution in [2.75, 3.05) is 24.7 Å². The predicted molar refractivity (Wildman–Crippen MR) is 139 cm³/mol. The normalized spacial score (nSPS) is 12.9. The van der Waals surface area contributed by atoms with E-state index in [1.165, 1.54) is 21.5 Å². The fraction of sp³-hybridized carbons (Fsp3) is 0.360. The van der Waals surface area contributed by atoms with Gasteiger partial charge in [0.05, 0.1) is 17.7 Å². The van der Waals surface area contributed by atoms with Crippen LogP contribution in [0, 0.1) is 6.92 Å². The summed E-state index contributed by atoms with van der Waals surface area (Å²) in [6.07, 6.45) is 5.81. The van der Waals surface area contributed by atoms with Crippen molar-refractivity contribution in [2.24, 2.45) is 0 Å². The van der Waals surface area contributed by atoms with Gasteiger partial charge in [0.1, 0.15) is 4.83 Å². The Balaban J connectivity index is 1.45. The molecule has 1 aliphatic carbocycles. The van der Waals surface area contributed by atoms with Crippen LogP contribution in [0.1, 0.15) is 28.8 Å². The Morgan fingerprint density at radius 3 is 2.74 bits per heavy atom. The SMILES string of the molecule is C=CCn1c(SCC(=O)N(C)CC(=O)Nc2ccc(C)cc2)nc2sc3c(c2c1=O)CCCC3. The third-order valence-corrected chi connectivity index (χ3v) is 7.96. The molecule has 0 spiro atoms. The van der Waals surface area contributed by atoms with Crippen LogP contribution >= 0.6 is 23.1 Å². The van der Waals surface area contributed by atoms with E-state index in [0.717, 1.165) is 47.0 Å². The number of rotatable bonds is 8. The molecule has 0 aliphatic heterocycles. The monoisotopic (exact) mass is 496 g/mol. The van der Waals surface area contributed by atoms with Gasteiger partial charge in [-0.05, 0) is 50.3 Å². The number of carbonyl (C=O) groups excluding carboxylic acids is 2. The number of thiophene rings is 1. The molecule has 2 aromatic heterocycles. The van der Waals surface area contributed by atoms with E-state index in [1.807, 2.05) is 31.2 Å².